The second-order valence-electron chi connectivity index (χ2n) is 11.6. The molecule has 1 aliphatic carbocycles. The summed E-state index contributed by atoms with van der Waals surface area (Å²) in [5.74, 6) is -0.0689. The highest BCUT2D eigenvalue weighted by Gasteiger charge is 2.27. The summed E-state index contributed by atoms with van der Waals surface area (Å²) in [4.78, 5) is 36.5. The maximum Gasteiger partial charge on any atom is 0.223 e. The summed E-state index contributed by atoms with van der Waals surface area (Å²) in [6, 6.07) is 7.24. The molecule has 0 saturated heterocycles. The Kier molecular flexibility index (Phi) is 14.5. The summed E-state index contributed by atoms with van der Waals surface area (Å²) >= 11 is 0. The minimum Gasteiger partial charge on any atom is -0.389 e. The van der Waals surface area contributed by atoms with E-state index in [1.165, 1.54) is 6.92 Å². The molecule has 7 heteroatoms. The molecule has 1 aliphatic rings. The number of hydrogen-bond acceptors (Lipinski definition) is 5. The molecule has 0 bridgehead atoms. The molecule has 0 saturated carbocycles. The number of allylic oxidation sites excluding steroid dienone is 1. The van der Waals surface area contributed by atoms with Crippen LogP contribution in [-0.4, -0.2) is 48.6 Å². The Morgan fingerprint density at radius 1 is 0.947 bits per heavy atom. The Bertz CT molecular complexity index is 905. The molecule has 2 rings (SSSR count). The molecule has 1 aromatic carbocycles. The molecule has 0 spiro atoms. The minimum atomic E-state index is -0.463. The summed E-state index contributed by atoms with van der Waals surface area (Å²) in [7, 11) is 0. The van der Waals surface area contributed by atoms with E-state index in [2.05, 4.69) is 24.5 Å². The van der Waals surface area contributed by atoms with Crippen molar-refractivity contribution < 1.29 is 24.2 Å². The number of amides is 2. The maximum atomic E-state index is 12.7. The van der Waals surface area contributed by atoms with Crippen LogP contribution >= 0.6 is 0 Å². The van der Waals surface area contributed by atoms with Gasteiger partial charge in [0, 0.05) is 36.4 Å². The highest BCUT2D eigenvalue weighted by atomic mass is 16.5. The third kappa shape index (κ3) is 13.3. The van der Waals surface area contributed by atoms with Gasteiger partial charge in [0.25, 0.3) is 0 Å². The van der Waals surface area contributed by atoms with Crippen LogP contribution in [0, 0.1) is 16.7 Å². The number of aliphatic hydroxyl groups excluding tert-OH is 1. The zero-order valence-electron chi connectivity index (χ0n) is 24.6. The van der Waals surface area contributed by atoms with Gasteiger partial charge in [0.1, 0.15) is 0 Å². The Labute approximate surface area is 229 Å². The van der Waals surface area contributed by atoms with E-state index in [0.717, 1.165) is 18.4 Å². The largest absolute Gasteiger partial charge is 0.389 e. The number of ether oxygens (including phenoxy) is 1. The number of aliphatic hydroxyl groups is 1. The smallest absolute Gasteiger partial charge is 0.223 e. The van der Waals surface area contributed by atoms with Gasteiger partial charge < -0.3 is 20.5 Å². The number of carbonyl (C=O) groups is 3. The molecule has 2 atom stereocenters. The predicted octanol–water partition coefficient (Wildman–Crippen LogP) is 5.21. The van der Waals surface area contributed by atoms with E-state index in [0.29, 0.717) is 51.1 Å². The van der Waals surface area contributed by atoms with Gasteiger partial charge >= 0.3 is 0 Å². The SMILES string of the molecule is CC.CC(=O)c1ccc(CNC(=O)CC(C)(C)COCC(C)(C)CNC(=O)C2CC/C=C/C(O)CC2)cc1. The molecule has 1 aromatic rings. The number of carbonyl (C=O) groups excluding carboxylic acids is 3. The van der Waals surface area contributed by atoms with Gasteiger partial charge in [-0.15, -0.1) is 0 Å². The first-order chi connectivity index (χ1) is 17.9. The highest BCUT2D eigenvalue weighted by Crippen LogP contribution is 2.24. The second kappa shape index (κ2) is 16.5. The summed E-state index contributed by atoms with van der Waals surface area (Å²) in [6.07, 6.45) is 6.53. The van der Waals surface area contributed by atoms with Crippen molar-refractivity contribution in [3.63, 3.8) is 0 Å². The predicted molar refractivity (Wildman–Crippen MR) is 153 cm³/mol. The summed E-state index contributed by atoms with van der Waals surface area (Å²) in [5.41, 5.74) is 1.01. The molecule has 0 heterocycles. The lowest BCUT2D eigenvalue weighted by Gasteiger charge is -2.29. The first-order valence-electron chi connectivity index (χ1n) is 13.9. The zero-order valence-corrected chi connectivity index (χ0v) is 24.6. The average Bonchev–Trinajstić information content (AvgIpc) is 2.85. The van der Waals surface area contributed by atoms with Crippen LogP contribution < -0.4 is 10.6 Å². The molecular formula is C31H50N2O5. The van der Waals surface area contributed by atoms with E-state index in [1.54, 1.807) is 12.1 Å². The Hall–Kier alpha value is -2.51. The van der Waals surface area contributed by atoms with Gasteiger partial charge in [0.2, 0.25) is 11.8 Å². The van der Waals surface area contributed by atoms with E-state index in [-0.39, 0.29) is 34.3 Å². The number of ketones is 1. The van der Waals surface area contributed by atoms with Crippen molar-refractivity contribution in [2.75, 3.05) is 19.8 Å². The van der Waals surface area contributed by atoms with Crippen LogP contribution in [0.5, 0.6) is 0 Å². The van der Waals surface area contributed by atoms with E-state index in [1.807, 2.05) is 52.0 Å². The number of benzene rings is 1. The second-order valence-corrected chi connectivity index (χ2v) is 11.6. The van der Waals surface area contributed by atoms with E-state index in [4.69, 9.17) is 4.74 Å². The fourth-order valence-corrected chi connectivity index (χ4v) is 4.16. The third-order valence-electron chi connectivity index (χ3n) is 6.44. The Morgan fingerprint density at radius 3 is 2.21 bits per heavy atom. The minimum absolute atomic E-state index is 0.0197. The van der Waals surface area contributed by atoms with Crippen LogP contribution in [0.3, 0.4) is 0 Å². The molecule has 7 nitrogen and oxygen atoms in total. The van der Waals surface area contributed by atoms with E-state index >= 15 is 0 Å². The van der Waals surface area contributed by atoms with Crippen LogP contribution in [0.2, 0.25) is 0 Å². The molecule has 2 amide bonds. The highest BCUT2D eigenvalue weighted by molar-refractivity contribution is 5.94. The van der Waals surface area contributed by atoms with Crippen molar-refractivity contribution >= 4 is 17.6 Å². The van der Waals surface area contributed by atoms with Crippen molar-refractivity contribution in [1.82, 2.24) is 10.6 Å². The molecule has 0 radical (unpaired) electrons. The number of hydrogen-bond donors (Lipinski definition) is 3. The Morgan fingerprint density at radius 2 is 1.58 bits per heavy atom. The summed E-state index contributed by atoms with van der Waals surface area (Å²) in [5, 5.41) is 15.8. The first kappa shape index (κ1) is 33.5. The molecule has 0 fully saturated rings. The van der Waals surface area contributed by atoms with Gasteiger partial charge in [-0.3, -0.25) is 14.4 Å². The molecule has 0 aliphatic heterocycles. The topological polar surface area (TPSA) is 105 Å². The van der Waals surface area contributed by atoms with Gasteiger partial charge in [-0.2, -0.15) is 0 Å². The van der Waals surface area contributed by atoms with Crippen LogP contribution in [-0.2, 0) is 20.9 Å². The Balaban J connectivity index is 0.00000352. The first-order valence-corrected chi connectivity index (χ1v) is 13.9. The van der Waals surface area contributed by atoms with E-state index in [9.17, 15) is 19.5 Å². The standard InChI is InChI=1S/C29H44N2O5.C2H6/c1-21(32)23-12-10-22(11-13-23)17-30-26(34)16-28(2,3)19-36-20-29(4,5)18-31-27(35)24-8-6-7-9-25(33)15-14-24;1-2/h7,9-13,24-25,33H,6,8,14-20H2,1-5H3,(H,30,34)(H,31,35);1-2H3/b9-7+;. The maximum absolute atomic E-state index is 12.7. The quantitative estimate of drug-likeness (QED) is 0.254. The van der Waals surface area contributed by atoms with Crippen LogP contribution in [0.4, 0.5) is 0 Å². The van der Waals surface area contributed by atoms with Crippen LogP contribution in [0.25, 0.3) is 0 Å². The van der Waals surface area contributed by atoms with Gasteiger partial charge in [-0.1, -0.05) is 78.0 Å². The molecule has 3 N–H and O–H groups in total. The summed E-state index contributed by atoms with van der Waals surface area (Å²) < 4.78 is 5.99. The normalized spacial score (nSPS) is 18.7. The van der Waals surface area contributed by atoms with Crippen molar-refractivity contribution in [2.45, 2.75) is 93.2 Å². The lowest BCUT2D eigenvalue weighted by Crippen LogP contribution is -2.40. The van der Waals surface area contributed by atoms with E-state index < -0.39 is 6.10 Å². The van der Waals surface area contributed by atoms with Crippen molar-refractivity contribution in [3.05, 3.63) is 47.5 Å². The van der Waals surface area contributed by atoms with Gasteiger partial charge in [0.05, 0.1) is 19.3 Å². The summed E-state index contributed by atoms with van der Waals surface area (Å²) in [6.45, 7) is 15.4. The molecular weight excluding hydrogens is 480 g/mol. The number of nitrogens with one attached hydrogen (secondary N) is 2. The fraction of sp³-hybridized carbons (Fsp3) is 0.645. The number of rotatable bonds is 12. The van der Waals surface area contributed by atoms with Gasteiger partial charge in [-0.05, 0) is 43.6 Å². The van der Waals surface area contributed by atoms with Crippen molar-refractivity contribution in [1.29, 1.82) is 0 Å². The lowest BCUT2D eigenvalue weighted by molar-refractivity contribution is -0.127. The van der Waals surface area contributed by atoms with Crippen LogP contribution in [0.15, 0.2) is 36.4 Å². The average molecular weight is 531 g/mol. The van der Waals surface area contributed by atoms with Gasteiger partial charge in [0.15, 0.2) is 5.78 Å². The van der Waals surface area contributed by atoms with Gasteiger partial charge in [-0.25, -0.2) is 0 Å². The monoisotopic (exact) mass is 530 g/mol. The van der Waals surface area contributed by atoms with Crippen LogP contribution in [0.1, 0.15) is 96.5 Å². The molecule has 0 aromatic heterocycles. The van der Waals surface area contributed by atoms with Crippen molar-refractivity contribution in [3.8, 4) is 0 Å². The fourth-order valence-electron chi connectivity index (χ4n) is 4.16. The van der Waals surface area contributed by atoms with Crippen molar-refractivity contribution in [2.24, 2.45) is 16.7 Å². The lowest BCUT2D eigenvalue weighted by atomic mass is 9.89. The third-order valence-corrected chi connectivity index (χ3v) is 6.44. The zero-order chi connectivity index (χ0) is 28.8. The molecule has 2 unspecified atom stereocenters. The number of Topliss-reactive ketones (excluding diaryl/α,β-unsaturated/α-hetero) is 1. The molecule has 38 heavy (non-hydrogen) atoms. The molecule has 214 valence electrons.